The van der Waals surface area contributed by atoms with E-state index in [9.17, 15) is 4.79 Å². The Morgan fingerprint density at radius 1 is 1.23 bits per heavy atom. The zero-order valence-corrected chi connectivity index (χ0v) is 8.29. The second-order valence-corrected chi connectivity index (χ2v) is 2.50. The second-order valence-electron chi connectivity index (χ2n) is 2.50. The van der Waals surface area contributed by atoms with Gasteiger partial charge in [-0.15, -0.1) is 0 Å². The number of nitrogens with two attached hydrogens (primary N) is 2. The molecule has 13 heavy (non-hydrogen) atoms. The van der Waals surface area contributed by atoms with Crippen LogP contribution in [0.3, 0.4) is 0 Å². The van der Waals surface area contributed by atoms with Gasteiger partial charge in [0, 0.05) is 13.1 Å². The van der Waals surface area contributed by atoms with Crippen molar-refractivity contribution >= 4 is 12.0 Å². The Morgan fingerprint density at radius 2 is 1.69 bits per heavy atom. The summed E-state index contributed by atoms with van der Waals surface area (Å²) >= 11 is 0. The fourth-order valence-corrected chi connectivity index (χ4v) is 1.13. The van der Waals surface area contributed by atoms with Crippen LogP contribution >= 0.6 is 0 Å². The SMILES string of the molecule is CC.NC(=O)/N=C(\N)N1CCCC1. The number of guanidine groups is 1. The molecule has 2 amide bonds. The molecule has 1 aliphatic heterocycles. The van der Waals surface area contributed by atoms with Gasteiger partial charge in [-0.05, 0) is 12.8 Å². The van der Waals surface area contributed by atoms with Gasteiger partial charge in [-0.25, -0.2) is 4.79 Å². The Bertz CT molecular complexity index is 185. The lowest BCUT2D eigenvalue weighted by Gasteiger charge is -2.14. The lowest BCUT2D eigenvalue weighted by Crippen LogP contribution is -2.36. The molecular formula is C8H18N4O. The van der Waals surface area contributed by atoms with E-state index in [0.717, 1.165) is 25.9 Å². The van der Waals surface area contributed by atoms with E-state index in [-0.39, 0.29) is 5.96 Å². The molecule has 0 radical (unpaired) electrons. The lowest BCUT2D eigenvalue weighted by molar-refractivity contribution is 0.256. The monoisotopic (exact) mass is 186 g/mol. The maximum atomic E-state index is 10.3. The molecular weight excluding hydrogens is 168 g/mol. The molecule has 1 rings (SSSR count). The Kier molecular flexibility index (Phi) is 5.67. The zero-order valence-electron chi connectivity index (χ0n) is 8.29. The summed E-state index contributed by atoms with van der Waals surface area (Å²) in [6.45, 7) is 5.76. The van der Waals surface area contributed by atoms with E-state index in [1.54, 1.807) is 0 Å². The molecule has 1 saturated heterocycles. The van der Waals surface area contributed by atoms with Gasteiger partial charge in [0.25, 0.3) is 0 Å². The van der Waals surface area contributed by atoms with Gasteiger partial charge in [0.05, 0.1) is 0 Å². The van der Waals surface area contributed by atoms with Gasteiger partial charge in [0.1, 0.15) is 0 Å². The summed E-state index contributed by atoms with van der Waals surface area (Å²) in [5, 5.41) is 0. The predicted octanol–water partition coefficient (Wildman–Crippen LogP) is 0.502. The van der Waals surface area contributed by atoms with Crippen LogP contribution in [0.4, 0.5) is 4.79 Å². The molecule has 5 heteroatoms. The molecule has 0 aromatic heterocycles. The van der Waals surface area contributed by atoms with Gasteiger partial charge in [-0.3, -0.25) is 0 Å². The van der Waals surface area contributed by atoms with Gasteiger partial charge in [-0.1, -0.05) is 13.8 Å². The van der Waals surface area contributed by atoms with Crippen molar-refractivity contribution in [3.05, 3.63) is 0 Å². The molecule has 76 valence electrons. The second kappa shape index (κ2) is 6.28. The standard InChI is InChI=1S/C6H12N4O.C2H6/c7-5(9-6(8)11)10-3-1-2-4-10;1-2/h1-4H2,(H4,7,8,9,11);1-2H3. The lowest BCUT2D eigenvalue weighted by atomic mass is 10.4. The van der Waals surface area contributed by atoms with Gasteiger partial charge >= 0.3 is 6.03 Å². The molecule has 0 unspecified atom stereocenters. The number of nitrogens with zero attached hydrogens (tertiary/aromatic N) is 2. The van der Waals surface area contributed by atoms with E-state index in [1.165, 1.54) is 0 Å². The van der Waals surface area contributed by atoms with Crippen LogP contribution < -0.4 is 11.5 Å². The highest BCUT2D eigenvalue weighted by Crippen LogP contribution is 2.05. The summed E-state index contributed by atoms with van der Waals surface area (Å²) in [6.07, 6.45) is 2.21. The fraction of sp³-hybridized carbons (Fsp3) is 0.750. The molecule has 0 aromatic rings. The number of carbonyl (C=O) groups excluding carboxylic acids is 1. The first kappa shape index (κ1) is 11.7. The van der Waals surface area contributed by atoms with Gasteiger partial charge in [0.2, 0.25) is 5.96 Å². The minimum Gasteiger partial charge on any atom is -0.369 e. The van der Waals surface area contributed by atoms with Crippen LogP contribution in [-0.4, -0.2) is 30.0 Å². The summed E-state index contributed by atoms with van der Waals surface area (Å²) in [5.41, 5.74) is 10.3. The zero-order chi connectivity index (χ0) is 10.3. The number of likely N-dealkylation sites (tertiary alicyclic amines) is 1. The maximum absolute atomic E-state index is 10.3. The molecule has 1 fully saturated rings. The highest BCUT2D eigenvalue weighted by molar-refractivity contribution is 5.90. The van der Waals surface area contributed by atoms with Crippen molar-refractivity contribution in [3.8, 4) is 0 Å². The van der Waals surface area contributed by atoms with Crippen molar-refractivity contribution in [2.75, 3.05) is 13.1 Å². The van der Waals surface area contributed by atoms with E-state index in [0.29, 0.717) is 0 Å². The quantitative estimate of drug-likeness (QED) is 0.427. The summed E-state index contributed by atoms with van der Waals surface area (Å²) in [7, 11) is 0. The number of amides is 2. The molecule has 5 nitrogen and oxygen atoms in total. The normalized spacial score (nSPS) is 16.5. The van der Waals surface area contributed by atoms with Crippen LogP contribution in [0, 0.1) is 0 Å². The molecule has 4 N–H and O–H groups in total. The number of rotatable bonds is 0. The summed E-state index contributed by atoms with van der Waals surface area (Å²) < 4.78 is 0. The van der Waals surface area contributed by atoms with Crippen LogP contribution in [0.1, 0.15) is 26.7 Å². The largest absolute Gasteiger partial charge is 0.369 e. The number of hydrogen-bond donors (Lipinski definition) is 2. The Labute approximate surface area is 78.8 Å². The van der Waals surface area contributed by atoms with Crippen LogP contribution in [-0.2, 0) is 0 Å². The number of hydrogen-bond acceptors (Lipinski definition) is 1. The maximum Gasteiger partial charge on any atom is 0.341 e. The van der Waals surface area contributed by atoms with Crippen molar-refractivity contribution in [1.82, 2.24) is 4.90 Å². The first-order valence-corrected chi connectivity index (χ1v) is 4.58. The average Bonchev–Trinajstić information content (AvgIpc) is 2.58. The van der Waals surface area contributed by atoms with Crippen LogP contribution in [0.2, 0.25) is 0 Å². The minimum atomic E-state index is -0.727. The number of aliphatic imine (C=N–C) groups is 1. The van der Waals surface area contributed by atoms with E-state index in [1.807, 2.05) is 18.7 Å². The van der Waals surface area contributed by atoms with Crippen molar-refractivity contribution in [1.29, 1.82) is 0 Å². The first-order valence-electron chi connectivity index (χ1n) is 4.58. The van der Waals surface area contributed by atoms with E-state index in [2.05, 4.69) is 4.99 Å². The van der Waals surface area contributed by atoms with Crippen molar-refractivity contribution in [3.63, 3.8) is 0 Å². The van der Waals surface area contributed by atoms with Crippen molar-refractivity contribution < 1.29 is 4.79 Å². The highest BCUT2D eigenvalue weighted by Gasteiger charge is 2.13. The van der Waals surface area contributed by atoms with Gasteiger partial charge < -0.3 is 16.4 Å². The van der Waals surface area contributed by atoms with Crippen LogP contribution in [0.15, 0.2) is 4.99 Å². The Balaban J connectivity index is 0.000000671. The smallest absolute Gasteiger partial charge is 0.341 e. The summed E-state index contributed by atoms with van der Waals surface area (Å²) in [6, 6.07) is -0.727. The van der Waals surface area contributed by atoms with E-state index in [4.69, 9.17) is 11.5 Å². The molecule has 1 heterocycles. The average molecular weight is 186 g/mol. The number of primary amides is 1. The first-order chi connectivity index (χ1) is 6.20. The topological polar surface area (TPSA) is 84.7 Å². The molecule has 0 aliphatic carbocycles. The summed E-state index contributed by atoms with van der Waals surface area (Å²) in [5.74, 6) is 0.245. The highest BCUT2D eigenvalue weighted by atomic mass is 16.2. The van der Waals surface area contributed by atoms with Gasteiger partial charge in [-0.2, -0.15) is 4.99 Å². The number of urea groups is 1. The van der Waals surface area contributed by atoms with Crippen LogP contribution in [0.5, 0.6) is 0 Å². The fourth-order valence-electron chi connectivity index (χ4n) is 1.13. The molecule has 0 atom stereocenters. The van der Waals surface area contributed by atoms with Crippen LogP contribution in [0.25, 0.3) is 0 Å². The van der Waals surface area contributed by atoms with Crippen molar-refractivity contribution in [2.45, 2.75) is 26.7 Å². The molecule has 0 spiro atoms. The third-order valence-corrected chi connectivity index (χ3v) is 1.65. The Hall–Kier alpha value is -1.26. The molecule has 0 bridgehead atoms. The summed E-state index contributed by atoms with van der Waals surface area (Å²) in [4.78, 5) is 15.6. The van der Waals surface area contributed by atoms with Gasteiger partial charge in [0.15, 0.2) is 0 Å². The molecule has 0 saturated carbocycles. The number of carbonyl (C=O) groups is 1. The van der Waals surface area contributed by atoms with E-state index < -0.39 is 6.03 Å². The minimum absolute atomic E-state index is 0.245. The predicted molar refractivity (Wildman–Crippen MR) is 53.4 cm³/mol. The van der Waals surface area contributed by atoms with Crippen molar-refractivity contribution in [2.24, 2.45) is 16.5 Å². The molecule has 0 aromatic carbocycles. The third-order valence-electron chi connectivity index (χ3n) is 1.65. The third kappa shape index (κ3) is 4.35. The Morgan fingerprint density at radius 3 is 2.08 bits per heavy atom. The van der Waals surface area contributed by atoms with E-state index >= 15 is 0 Å². The molecule has 1 aliphatic rings.